The standard InChI is InChI=1S/C10H14O3/c1-3-6-4-5(2)7-8(6)10(12)13-9(7)11/h5-8H,3-4H2,1-2H3. The van der Waals surface area contributed by atoms with Crippen LogP contribution in [0.4, 0.5) is 0 Å². The largest absolute Gasteiger partial charge is 0.393 e. The Kier molecular flexibility index (Phi) is 1.90. The SMILES string of the molecule is CCC1CC(C)C2C(=O)OC(=O)C12. The molecule has 0 aromatic carbocycles. The summed E-state index contributed by atoms with van der Waals surface area (Å²) in [6, 6.07) is 0. The lowest BCUT2D eigenvalue weighted by Gasteiger charge is -2.10. The van der Waals surface area contributed by atoms with Crippen LogP contribution in [0.3, 0.4) is 0 Å². The van der Waals surface area contributed by atoms with Crippen LogP contribution in [0.25, 0.3) is 0 Å². The molecule has 2 rings (SSSR count). The summed E-state index contributed by atoms with van der Waals surface area (Å²) in [6.45, 7) is 4.10. The Hall–Kier alpha value is -0.860. The van der Waals surface area contributed by atoms with E-state index in [4.69, 9.17) is 0 Å². The Morgan fingerprint density at radius 3 is 2.54 bits per heavy atom. The lowest BCUT2D eigenvalue weighted by molar-refractivity contribution is -0.155. The maximum Gasteiger partial charge on any atom is 0.317 e. The molecule has 13 heavy (non-hydrogen) atoms. The molecule has 4 atom stereocenters. The van der Waals surface area contributed by atoms with E-state index in [1.54, 1.807) is 0 Å². The molecule has 3 nitrogen and oxygen atoms in total. The number of fused-ring (bicyclic) bond motifs is 1. The third-order valence-electron chi connectivity index (χ3n) is 3.45. The first-order chi connectivity index (χ1) is 6.15. The fourth-order valence-corrected chi connectivity index (χ4v) is 2.79. The van der Waals surface area contributed by atoms with Crippen LogP contribution in [0.15, 0.2) is 0 Å². The summed E-state index contributed by atoms with van der Waals surface area (Å²) < 4.78 is 4.65. The van der Waals surface area contributed by atoms with E-state index in [-0.39, 0.29) is 23.8 Å². The fraction of sp³-hybridized carbons (Fsp3) is 0.800. The number of cyclic esters (lactones) is 2. The van der Waals surface area contributed by atoms with Crippen LogP contribution < -0.4 is 0 Å². The van der Waals surface area contributed by atoms with Gasteiger partial charge in [0.25, 0.3) is 0 Å². The summed E-state index contributed by atoms with van der Waals surface area (Å²) in [4.78, 5) is 22.6. The van der Waals surface area contributed by atoms with E-state index in [0.717, 1.165) is 12.8 Å². The summed E-state index contributed by atoms with van der Waals surface area (Å²) >= 11 is 0. The van der Waals surface area contributed by atoms with Crippen LogP contribution in [0.5, 0.6) is 0 Å². The van der Waals surface area contributed by atoms with Gasteiger partial charge in [0.15, 0.2) is 0 Å². The van der Waals surface area contributed by atoms with Crippen molar-refractivity contribution in [1.82, 2.24) is 0 Å². The van der Waals surface area contributed by atoms with Crippen LogP contribution in [0.1, 0.15) is 26.7 Å². The Balaban J connectivity index is 2.28. The van der Waals surface area contributed by atoms with Gasteiger partial charge in [0.2, 0.25) is 0 Å². The first-order valence-corrected chi connectivity index (χ1v) is 4.90. The van der Waals surface area contributed by atoms with Crippen molar-refractivity contribution in [3.05, 3.63) is 0 Å². The molecule has 2 fully saturated rings. The highest BCUT2D eigenvalue weighted by Crippen LogP contribution is 2.47. The molecule has 1 aliphatic carbocycles. The predicted octanol–water partition coefficient (Wildman–Crippen LogP) is 1.37. The lowest BCUT2D eigenvalue weighted by Crippen LogP contribution is -2.19. The summed E-state index contributed by atoms with van der Waals surface area (Å²) in [5, 5.41) is 0. The quantitative estimate of drug-likeness (QED) is 0.454. The molecule has 3 heteroatoms. The van der Waals surface area contributed by atoms with Crippen LogP contribution >= 0.6 is 0 Å². The van der Waals surface area contributed by atoms with Crippen molar-refractivity contribution < 1.29 is 14.3 Å². The molecule has 1 saturated heterocycles. The van der Waals surface area contributed by atoms with Gasteiger partial charge in [-0.1, -0.05) is 20.3 Å². The maximum absolute atomic E-state index is 11.3. The number of esters is 2. The second-order valence-electron chi connectivity index (χ2n) is 4.17. The van der Waals surface area contributed by atoms with Crippen molar-refractivity contribution in [2.45, 2.75) is 26.7 Å². The minimum atomic E-state index is -0.293. The molecule has 0 radical (unpaired) electrons. The molecule has 72 valence electrons. The third kappa shape index (κ3) is 1.10. The van der Waals surface area contributed by atoms with Crippen molar-refractivity contribution in [3.63, 3.8) is 0 Å². The second kappa shape index (κ2) is 2.82. The zero-order valence-electron chi connectivity index (χ0n) is 7.95. The zero-order valence-corrected chi connectivity index (χ0v) is 7.95. The summed E-state index contributed by atoms with van der Waals surface area (Å²) in [6.07, 6.45) is 1.96. The van der Waals surface area contributed by atoms with E-state index in [9.17, 15) is 9.59 Å². The molecule has 1 aliphatic heterocycles. The molecule has 4 unspecified atom stereocenters. The molecule has 0 spiro atoms. The third-order valence-corrected chi connectivity index (χ3v) is 3.45. The van der Waals surface area contributed by atoms with Crippen LogP contribution in [0.2, 0.25) is 0 Å². The normalized spacial score (nSPS) is 43.5. The zero-order chi connectivity index (χ0) is 9.59. The van der Waals surface area contributed by atoms with E-state index in [0.29, 0.717) is 11.8 Å². The molecule has 0 aromatic heterocycles. The number of hydrogen-bond donors (Lipinski definition) is 0. The van der Waals surface area contributed by atoms with Gasteiger partial charge in [-0.15, -0.1) is 0 Å². The Bertz CT molecular complexity index is 259. The average molecular weight is 182 g/mol. The molecule has 0 N–H and O–H groups in total. The topological polar surface area (TPSA) is 43.4 Å². The second-order valence-corrected chi connectivity index (χ2v) is 4.17. The number of rotatable bonds is 1. The lowest BCUT2D eigenvalue weighted by atomic mass is 9.89. The van der Waals surface area contributed by atoms with Crippen molar-refractivity contribution in [1.29, 1.82) is 0 Å². The van der Waals surface area contributed by atoms with Crippen molar-refractivity contribution in [2.24, 2.45) is 23.7 Å². The Labute approximate surface area is 77.4 Å². The van der Waals surface area contributed by atoms with E-state index >= 15 is 0 Å². The van der Waals surface area contributed by atoms with Crippen LogP contribution in [0, 0.1) is 23.7 Å². The Morgan fingerprint density at radius 2 is 1.92 bits per heavy atom. The van der Waals surface area contributed by atoms with Gasteiger partial charge in [0, 0.05) is 0 Å². The Morgan fingerprint density at radius 1 is 1.31 bits per heavy atom. The molecule has 2 aliphatic rings. The minimum Gasteiger partial charge on any atom is -0.393 e. The smallest absolute Gasteiger partial charge is 0.317 e. The van der Waals surface area contributed by atoms with Crippen LogP contribution in [-0.2, 0) is 14.3 Å². The van der Waals surface area contributed by atoms with E-state index in [1.807, 2.05) is 6.92 Å². The summed E-state index contributed by atoms with van der Waals surface area (Å²) in [7, 11) is 0. The summed E-state index contributed by atoms with van der Waals surface area (Å²) in [5.41, 5.74) is 0. The van der Waals surface area contributed by atoms with Gasteiger partial charge in [-0.05, 0) is 18.3 Å². The maximum atomic E-state index is 11.3. The molecular weight excluding hydrogens is 168 g/mol. The van der Waals surface area contributed by atoms with Gasteiger partial charge >= 0.3 is 11.9 Å². The van der Waals surface area contributed by atoms with Gasteiger partial charge in [-0.25, -0.2) is 0 Å². The van der Waals surface area contributed by atoms with Gasteiger partial charge in [-0.3, -0.25) is 9.59 Å². The van der Waals surface area contributed by atoms with E-state index in [2.05, 4.69) is 11.7 Å². The van der Waals surface area contributed by atoms with Gasteiger partial charge < -0.3 is 4.74 Å². The highest BCUT2D eigenvalue weighted by atomic mass is 16.6. The van der Waals surface area contributed by atoms with E-state index in [1.165, 1.54) is 0 Å². The van der Waals surface area contributed by atoms with E-state index < -0.39 is 0 Å². The van der Waals surface area contributed by atoms with Gasteiger partial charge in [0.1, 0.15) is 0 Å². The first kappa shape index (κ1) is 8.73. The van der Waals surface area contributed by atoms with Gasteiger partial charge in [0.05, 0.1) is 11.8 Å². The summed E-state index contributed by atoms with van der Waals surface area (Å²) in [5.74, 6) is -0.178. The average Bonchev–Trinajstić information content (AvgIpc) is 2.54. The molecule has 1 saturated carbocycles. The van der Waals surface area contributed by atoms with Gasteiger partial charge in [-0.2, -0.15) is 0 Å². The number of carbonyl (C=O) groups excluding carboxylic acids is 2. The molecule has 0 aromatic rings. The van der Waals surface area contributed by atoms with Crippen molar-refractivity contribution in [2.75, 3.05) is 0 Å². The molecular formula is C10H14O3. The first-order valence-electron chi connectivity index (χ1n) is 4.90. The minimum absolute atomic E-state index is 0.132. The molecule has 1 heterocycles. The van der Waals surface area contributed by atoms with Crippen LogP contribution in [-0.4, -0.2) is 11.9 Å². The predicted molar refractivity (Wildman–Crippen MR) is 45.6 cm³/mol. The fourth-order valence-electron chi connectivity index (χ4n) is 2.79. The number of hydrogen-bond acceptors (Lipinski definition) is 3. The number of ether oxygens (including phenoxy) is 1. The number of carbonyl (C=O) groups is 2. The molecule has 0 amide bonds. The van der Waals surface area contributed by atoms with Crippen molar-refractivity contribution in [3.8, 4) is 0 Å². The monoisotopic (exact) mass is 182 g/mol. The highest BCUT2D eigenvalue weighted by molar-refractivity contribution is 5.97. The molecule has 0 bridgehead atoms. The highest BCUT2D eigenvalue weighted by Gasteiger charge is 2.54. The van der Waals surface area contributed by atoms with Crippen molar-refractivity contribution >= 4 is 11.9 Å².